The molecule has 0 heterocycles. The zero-order valence-corrected chi connectivity index (χ0v) is 12.1. The molecule has 0 atom stereocenters. The van der Waals surface area contributed by atoms with Gasteiger partial charge in [0.15, 0.2) is 6.61 Å². The molecule has 112 valence electrons. The number of hydrogen-bond acceptors (Lipinski definition) is 4. The molecule has 0 fully saturated rings. The van der Waals surface area contributed by atoms with Gasteiger partial charge in [0, 0.05) is 13.1 Å². The largest absolute Gasteiger partial charge is 0.484 e. The average Bonchev–Trinajstić information content (AvgIpc) is 2.51. The zero-order chi connectivity index (χ0) is 15.7. The van der Waals surface area contributed by atoms with Gasteiger partial charge >= 0.3 is 5.97 Å². The van der Waals surface area contributed by atoms with Crippen molar-refractivity contribution in [2.75, 3.05) is 26.8 Å². The fraction of sp³-hybridized carbons (Fsp3) is 0.250. The lowest BCUT2D eigenvalue weighted by atomic mass is 10.2. The van der Waals surface area contributed by atoms with Crippen LogP contribution in [0.2, 0.25) is 0 Å². The molecule has 0 N–H and O–H groups in total. The Hall–Kier alpha value is -2.56. The summed E-state index contributed by atoms with van der Waals surface area (Å²) >= 11 is 0. The van der Waals surface area contributed by atoms with Crippen LogP contribution in [0, 0.1) is 0 Å². The first-order valence-corrected chi connectivity index (χ1v) is 6.43. The van der Waals surface area contributed by atoms with Gasteiger partial charge in [-0.3, -0.25) is 4.79 Å². The molecule has 0 saturated heterocycles. The third-order valence-electron chi connectivity index (χ3n) is 2.67. The van der Waals surface area contributed by atoms with Gasteiger partial charge in [-0.2, -0.15) is 0 Å². The van der Waals surface area contributed by atoms with E-state index in [1.807, 2.05) is 0 Å². The van der Waals surface area contributed by atoms with Crippen LogP contribution in [0.25, 0.3) is 0 Å². The fourth-order valence-electron chi connectivity index (χ4n) is 1.66. The Morgan fingerprint density at radius 3 is 2.48 bits per heavy atom. The van der Waals surface area contributed by atoms with Gasteiger partial charge in [0.1, 0.15) is 5.75 Å². The van der Waals surface area contributed by atoms with Gasteiger partial charge in [-0.15, -0.1) is 13.2 Å². The molecule has 0 aliphatic heterocycles. The normalized spacial score (nSPS) is 9.57. The van der Waals surface area contributed by atoms with E-state index in [1.165, 1.54) is 13.2 Å². The van der Waals surface area contributed by atoms with Gasteiger partial charge in [0.25, 0.3) is 5.91 Å². The molecule has 5 heteroatoms. The van der Waals surface area contributed by atoms with Crippen LogP contribution in [0.1, 0.15) is 10.4 Å². The molecule has 1 rings (SSSR count). The predicted octanol–water partition coefficient (Wildman–Crippen LogP) is 2.05. The van der Waals surface area contributed by atoms with Crippen molar-refractivity contribution < 1.29 is 19.1 Å². The molecule has 0 radical (unpaired) electrons. The molecule has 0 aliphatic carbocycles. The number of nitrogens with zero attached hydrogens (tertiary/aromatic N) is 1. The Labute approximate surface area is 124 Å². The summed E-state index contributed by atoms with van der Waals surface area (Å²) in [7, 11) is 1.31. The lowest BCUT2D eigenvalue weighted by molar-refractivity contribution is -0.132. The van der Waals surface area contributed by atoms with Crippen LogP contribution < -0.4 is 4.74 Å². The summed E-state index contributed by atoms with van der Waals surface area (Å²) in [6.45, 7) is 7.94. The highest BCUT2D eigenvalue weighted by Gasteiger charge is 2.12. The molecule has 0 bridgehead atoms. The van der Waals surface area contributed by atoms with E-state index >= 15 is 0 Å². The molecule has 5 nitrogen and oxygen atoms in total. The third kappa shape index (κ3) is 5.14. The number of esters is 1. The molecule has 0 aromatic heterocycles. The van der Waals surface area contributed by atoms with Crippen LogP contribution in [0.5, 0.6) is 5.75 Å². The van der Waals surface area contributed by atoms with E-state index in [-0.39, 0.29) is 12.5 Å². The number of benzene rings is 1. The van der Waals surface area contributed by atoms with E-state index in [0.717, 1.165) is 0 Å². The highest BCUT2D eigenvalue weighted by atomic mass is 16.5. The van der Waals surface area contributed by atoms with E-state index in [1.54, 1.807) is 35.3 Å². The Morgan fingerprint density at radius 2 is 1.90 bits per heavy atom. The standard InChI is InChI=1S/C16H19NO4/c1-4-9-17(10-5-2)15(18)12-21-14-8-6-7-13(11-14)16(19)20-3/h4-8,11H,1-2,9-10,12H2,3H3. The van der Waals surface area contributed by atoms with Crippen molar-refractivity contribution in [3.8, 4) is 5.75 Å². The third-order valence-corrected chi connectivity index (χ3v) is 2.67. The monoisotopic (exact) mass is 289 g/mol. The molecular weight excluding hydrogens is 270 g/mol. The van der Waals surface area contributed by atoms with Crippen molar-refractivity contribution in [3.63, 3.8) is 0 Å². The fourth-order valence-corrected chi connectivity index (χ4v) is 1.66. The zero-order valence-electron chi connectivity index (χ0n) is 12.1. The molecule has 0 spiro atoms. The maximum atomic E-state index is 12.0. The van der Waals surface area contributed by atoms with E-state index in [0.29, 0.717) is 24.4 Å². The van der Waals surface area contributed by atoms with Gasteiger partial charge in [0.2, 0.25) is 0 Å². The molecule has 1 aromatic carbocycles. The van der Waals surface area contributed by atoms with Crippen LogP contribution in [0.15, 0.2) is 49.6 Å². The minimum atomic E-state index is -0.452. The SMILES string of the molecule is C=CCN(CC=C)C(=O)COc1cccc(C(=O)OC)c1. The minimum Gasteiger partial charge on any atom is -0.484 e. The number of ether oxygens (including phenoxy) is 2. The van der Waals surface area contributed by atoms with Gasteiger partial charge < -0.3 is 14.4 Å². The summed E-state index contributed by atoms with van der Waals surface area (Å²) in [5, 5.41) is 0. The van der Waals surface area contributed by atoms with Crippen LogP contribution >= 0.6 is 0 Å². The first kappa shape index (κ1) is 16.5. The molecule has 0 saturated carbocycles. The number of hydrogen-bond donors (Lipinski definition) is 0. The van der Waals surface area contributed by atoms with Gasteiger partial charge in [-0.25, -0.2) is 4.79 Å². The van der Waals surface area contributed by atoms with Crippen LogP contribution in [-0.2, 0) is 9.53 Å². The summed E-state index contributed by atoms with van der Waals surface area (Å²) in [5.74, 6) is -0.201. The van der Waals surface area contributed by atoms with Crippen molar-refractivity contribution in [2.45, 2.75) is 0 Å². The average molecular weight is 289 g/mol. The molecule has 0 unspecified atom stereocenters. The molecular formula is C16H19NO4. The maximum absolute atomic E-state index is 12.0. The maximum Gasteiger partial charge on any atom is 0.337 e. The van der Waals surface area contributed by atoms with Crippen LogP contribution in [0.4, 0.5) is 0 Å². The number of amides is 1. The Balaban J connectivity index is 2.65. The first-order chi connectivity index (χ1) is 10.1. The molecule has 1 amide bonds. The van der Waals surface area contributed by atoms with Crippen molar-refractivity contribution in [1.29, 1.82) is 0 Å². The summed E-state index contributed by atoms with van der Waals surface area (Å²) in [6.07, 6.45) is 3.28. The van der Waals surface area contributed by atoms with Crippen molar-refractivity contribution in [1.82, 2.24) is 4.90 Å². The van der Waals surface area contributed by atoms with E-state index < -0.39 is 5.97 Å². The molecule has 0 aliphatic rings. The Bertz CT molecular complexity index is 515. The van der Waals surface area contributed by atoms with E-state index in [9.17, 15) is 9.59 Å². The highest BCUT2D eigenvalue weighted by molar-refractivity contribution is 5.89. The Morgan fingerprint density at radius 1 is 1.24 bits per heavy atom. The van der Waals surface area contributed by atoms with Crippen LogP contribution in [0.3, 0.4) is 0 Å². The van der Waals surface area contributed by atoms with E-state index in [4.69, 9.17) is 4.74 Å². The highest BCUT2D eigenvalue weighted by Crippen LogP contribution is 2.14. The predicted molar refractivity (Wildman–Crippen MR) is 80.3 cm³/mol. The van der Waals surface area contributed by atoms with Crippen molar-refractivity contribution >= 4 is 11.9 Å². The second-order valence-electron chi connectivity index (χ2n) is 4.18. The van der Waals surface area contributed by atoms with Gasteiger partial charge in [-0.1, -0.05) is 18.2 Å². The number of rotatable bonds is 8. The topological polar surface area (TPSA) is 55.8 Å². The smallest absolute Gasteiger partial charge is 0.337 e. The first-order valence-electron chi connectivity index (χ1n) is 6.43. The molecule has 21 heavy (non-hydrogen) atoms. The minimum absolute atomic E-state index is 0.119. The second-order valence-corrected chi connectivity index (χ2v) is 4.18. The number of carbonyl (C=O) groups excluding carboxylic acids is 2. The summed E-state index contributed by atoms with van der Waals surface area (Å²) in [6, 6.07) is 6.48. The lowest BCUT2D eigenvalue weighted by Crippen LogP contribution is -2.35. The van der Waals surface area contributed by atoms with Gasteiger partial charge in [0.05, 0.1) is 12.7 Å². The van der Waals surface area contributed by atoms with Gasteiger partial charge in [-0.05, 0) is 18.2 Å². The second kappa shape index (κ2) is 8.58. The summed E-state index contributed by atoms with van der Waals surface area (Å²) in [5.41, 5.74) is 0.372. The summed E-state index contributed by atoms with van der Waals surface area (Å²) in [4.78, 5) is 25.0. The quantitative estimate of drug-likeness (QED) is 0.543. The van der Waals surface area contributed by atoms with E-state index in [2.05, 4.69) is 17.9 Å². The Kier molecular flexibility index (Phi) is 6.74. The van der Waals surface area contributed by atoms with Crippen molar-refractivity contribution in [3.05, 3.63) is 55.1 Å². The number of methoxy groups -OCH3 is 1. The van der Waals surface area contributed by atoms with Crippen LogP contribution in [-0.4, -0.2) is 43.6 Å². The lowest BCUT2D eigenvalue weighted by Gasteiger charge is -2.19. The summed E-state index contributed by atoms with van der Waals surface area (Å²) < 4.78 is 10.0. The van der Waals surface area contributed by atoms with Crippen molar-refractivity contribution in [2.24, 2.45) is 0 Å². The molecule has 1 aromatic rings. The number of carbonyl (C=O) groups is 2.